The summed E-state index contributed by atoms with van der Waals surface area (Å²) in [6.45, 7) is 4.04. The summed E-state index contributed by atoms with van der Waals surface area (Å²) in [7, 11) is 0. The smallest absolute Gasteiger partial charge is 0.336 e. The highest BCUT2D eigenvalue weighted by Gasteiger charge is 2.31. The molecule has 0 N–H and O–H groups in total. The van der Waals surface area contributed by atoms with Gasteiger partial charge in [0, 0.05) is 6.54 Å². The van der Waals surface area contributed by atoms with Gasteiger partial charge in [-0.3, -0.25) is 4.79 Å². The van der Waals surface area contributed by atoms with Crippen molar-refractivity contribution in [3.05, 3.63) is 35.4 Å². The van der Waals surface area contributed by atoms with E-state index in [2.05, 4.69) is 0 Å². The molecule has 1 unspecified atom stereocenters. The quantitative estimate of drug-likeness (QED) is 0.820. The fourth-order valence-corrected chi connectivity index (χ4v) is 2.44. The molecule has 1 aromatic rings. The van der Waals surface area contributed by atoms with Crippen LogP contribution >= 0.6 is 11.8 Å². The van der Waals surface area contributed by atoms with E-state index in [9.17, 15) is 18.0 Å². The minimum Gasteiger partial charge on any atom is -0.336 e. The standard InChI is InChI=1S/C14H18F3NOS/c1-4-18(13(19)9-20-3)10(2)11-6-5-7-12(8-11)14(15,16)17/h5-8,10H,4,9H2,1-3H3. The summed E-state index contributed by atoms with van der Waals surface area (Å²) < 4.78 is 38.1. The number of amides is 1. The molecule has 1 atom stereocenters. The van der Waals surface area contributed by atoms with E-state index in [0.717, 1.165) is 12.1 Å². The Balaban J connectivity index is 3.01. The molecule has 0 heterocycles. The normalized spacial score (nSPS) is 13.1. The van der Waals surface area contributed by atoms with Crippen LogP contribution in [-0.4, -0.2) is 29.4 Å². The van der Waals surface area contributed by atoms with E-state index in [4.69, 9.17) is 0 Å². The average molecular weight is 305 g/mol. The minimum absolute atomic E-state index is 0.0649. The maximum atomic E-state index is 12.7. The number of benzene rings is 1. The van der Waals surface area contributed by atoms with Gasteiger partial charge in [-0.05, 0) is 37.8 Å². The SMILES string of the molecule is CCN(C(=O)CSC)C(C)c1cccc(C(F)(F)F)c1. The molecule has 1 amide bonds. The number of hydrogen-bond acceptors (Lipinski definition) is 2. The van der Waals surface area contributed by atoms with Crippen LogP contribution in [0.3, 0.4) is 0 Å². The van der Waals surface area contributed by atoms with Crippen LogP contribution < -0.4 is 0 Å². The second kappa shape index (κ2) is 7.02. The molecule has 0 saturated carbocycles. The van der Waals surface area contributed by atoms with Crippen LogP contribution in [0, 0.1) is 0 Å². The second-order valence-electron chi connectivity index (χ2n) is 4.41. The van der Waals surface area contributed by atoms with E-state index in [-0.39, 0.29) is 11.9 Å². The molecular weight excluding hydrogens is 287 g/mol. The Morgan fingerprint density at radius 3 is 2.55 bits per heavy atom. The molecule has 0 bridgehead atoms. The maximum absolute atomic E-state index is 12.7. The molecule has 1 aromatic carbocycles. The van der Waals surface area contributed by atoms with Crippen molar-refractivity contribution in [2.45, 2.75) is 26.1 Å². The van der Waals surface area contributed by atoms with Gasteiger partial charge in [0.15, 0.2) is 0 Å². The number of alkyl halides is 3. The zero-order chi connectivity index (χ0) is 15.3. The highest BCUT2D eigenvalue weighted by Crippen LogP contribution is 2.31. The van der Waals surface area contributed by atoms with Crippen molar-refractivity contribution in [3.63, 3.8) is 0 Å². The summed E-state index contributed by atoms with van der Waals surface area (Å²) in [4.78, 5) is 13.5. The van der Waals surface area contributed by atoms with Crippen molar-refractivity contribution in [2.75, 3.05) is 18.6 Å². The summed E-state index contributed by atoms with van der Waals surface area (Å²) >= 11 is 1.40. The first-order valence-corrected chi connectivity index (χ1v) is 7.66. The number of carbonyl (C=O) groups excluding carboxylic acids is 1. The Kier molecular flexibility index (Phi) is 5.92. The summed E-state index contributed by atoms with van der Waals surface area (Å²) in [5, 5.41) is 0. The van der Waals surface area contributed by atoms with Gasteiger partial charge in [-0.1, -0.05) is 12.1 Å². The fraction of sp³-hybridized carbons (Fsp3) is 0.500. The molecular formula is C14H18F3NOS. The minimum atomic E-state index is -4.37. The predicted octanol–water partition coefficient (Wildman–Crippen LogP) is 3.98. The fourth-order valence-electron chi connectivity index (χ4n) is 2.03. The van der Waals surface area contributed by atoms with E-state index in [1.807, 2.05) is 13.2 Å². The molecule has 0 fully saturated rings. The van der Waals surface area contributed by atoms with Gasteiger partial charge >= 0.3 is 6.18 Å². The average Bonchev–Trinajstić information content (AvgIpc) is 2.39. The van der Waals surface area contributed by atoms with E-state index in [0.29, 0.717) is 17.9 Å². The summed E-state index contributed by atoms with van der Waals surface area (Å²) in [6, 6.07) is 4.77. The second-order valence-corrected chi connectivity index (χ2v) is 5.28. The van der Waals surface area contributed by atoms with Crippen LogP contribution in [0.25, 0.3) is 0 Å². The predicted molar refractivity (Wildman–Crippen MR) is 75.6 cm³/mol. The molecule has 0 saturated heterocycles. The molecule has 0 spiro atoms. The Morgan fingerprint density at radius 2 is 2.05 bits per heavy atom. The molecule has 0 aromatic heterocycles. The summed E-state index contributed by atoms with van der Waals surface area (Å²) in [6.07, 6.45) is -2.54. The summed E-state index contributed by atoms with van der Waals surface area (Å²) in [5.74, 6) is 0.266. The third kappa shape index (κ3) is 4.16. The third-order valence-corrected chi connectivity index (χ3v) is 3.63. The van der Waals surface area contributed by atoms with E-state index < -0.39 is 11.7 Å². The van der Waals surface area contributed by atoms with Gasteiger partial charge in [-0.2, -0.15) is 24.9 Å². The van der Waals surface area contributed by atoms with Crippen molar-refractivity contribution >= 4 is 17.7 Å². The largest absolute Gasteiger partial charge is 0.416 e. The van der Waals surface area contributed by atoms with Gasteiger partial charge in [0.2, 0.25) is 5.91 Å². The molecule has 2 nitrogen and oxygen atoms in total. The summed E-state index contributed by atoms with van der Waals surface area (Å²) in [5.41, 5.74) is -0.189. The lowest BCUT2D eigenvalue weighted by atomic mass is 10.0. The topological polar surface area (TPSA) is 20.3 Å². The van der Waals surface area contributed by atoms with Gasteiger partial charge in [-0.15, -0.1) is 0 Å². The van der Waals surface area contributed by atoms with Crippen LogP contribution in [0.5, 0.6) is 0 Å². The lowest BCUT2D eigenvalue weighted by molar-refractivity contribution is -0.137. The van der Waals surface area contributed by atoms with Crippen molar-refractivity contribution in [1.29, 1.82) is 0 Å². The van der Waals surface area contributed by atoms with Crippen molar-refractivity contribution in [3.8, 4) is 0 Å². The Bertz CT molecular complexity index is 462. The van der Waals surface area contributed by atoms with Crippen molar-refractivity contribution < 1.29 is 18.0 Å². The van der Waals surface area contributed by atoms with Crippen LogP contribution in [0.2, 0.25) is 0 Å². The van der Waals surface area contributed by atoms with Crippen LogP contribution in [-0.2, 0) is 11.0 Å². The van der Waals surface area contributed by atoms with Gasteiger partial charge < -0.3 is 4.90 Å². The Labute approximate surface area is 121 Å². The number of halogens is 3. The maximum Gasteiger partial charge on any atom is 0.416 e. The first kappa shape index (κ1) is 16.9. The highest BCUT2D eigenvalue weighted by molar-refractivity contribution is 7.99. The monoisotopic (exact) mass is 305 g/mol. The molecule has 112 valence electrons. The van der Waals surface area contributed by atoms with Gasteiger partial charge in [0.05, 0.1) is 17.4 Å². The van der Waals surface area contributed by atoms with E-state index >= 15 is 0 Å². The van der Waals surface area contributed by atoms with Gasteiger partial charge in [0.1, 0.15) is 0 Å². The Hall–Kier alpha value is -1.17. The highest BCUT2D eigenvalue weighted by atomic mass is 32.2. The molecule has 0 radical (unpaired) electrons. The van der Waals surface area contributed by atoms with Crippen LogP contribution in [0.4, 0.5) is 13.2 Å². The van der Waals surface area contributed by atoms with Crippen LogP contribution in [0.15, 0.2) is 24.3 Å². The zero-order valence-corrected chi connectivity index (χ0v) is 12.5. The van der Waals surface area contributed by atoms with E-state index in [1.54, 1.807) is 17.9 Å². The lowest BCUT2D eigenvalue weighted by Crippen LogP contribution is -2.34. The first-order chi connectivity index (χ1) is 9.31. The number of hydrogen-bond donors (Lipinski definition) is 0. The lowest BCUT2D eigenvalue weighted by Gasteiger charge is -2.28. The molecule has 1 rings (SSSR count). The van der Waals surface area contributed by atoms with Crippen molar-refractivity contribution in [1.82, 2.24) is 4.90 Å². The Morgan fingerprint density at radius 1 is 1.40 bits per heavy atom. The third-order valence-electron chi connectivity index (χ3n) is 3.09. The number of thioether (sulfide) groups is 1. The van der Waals surface area contributed by atoms with Gasteiger partial charge in [-0.25, -0.2) is 0 Å². The zero-order valence-electron chi connectivity index (χ0n) is 11.7. The number of carbonyl (C=O) groups is 1. The van der Waals surface area contributed by atoms with E-state index in [1.165, 1.54) is 17.8 Å². The first-order valence-electron chi connectivity index (χ1n) is 6.26. The molecule has 0 aliphatic rings. The number of nitrogens with zero attached hydrogens (tertiary/aromatic N) is 1. The molecule has 6 heteroatoms. The van der Waals surface area contributed by atoms with Crippen molar-refractivity contribution in [2.24, 2.45) is 0 Å². The van der Waals surface area contributed by atoms with Gasteiger partial charge in [0.25, 0.3) is 0 Å². The molecule has 20 heavy (non-hydrogen) atoms. The van der Waals surface area contributed by atoms with Crippen LogP contribution in [0.1, 0.15) is 31.0 Å². The number of rotatable bonds is 5. The molecule has 0 aliphatic carbocycles. The molecule has 0 aliphatic heterocycles.